The van der Waals surface area contributed by atoms with Crippen LogP contribution in [0.15, 0.2) is 78.9 Å². The van der Waals surface area contributed by atoms with Crippen molar-refractivity contribution in [3.8, 4) is 11.5 Å². The van der Waals surface area contributed by atoms with Gasteiger partial charge >= 0.3 is 6.03 Å². The van der Waals surface area contributed by atoms with Gasteiger partial charge in [0, 0.05) is 24.2 Å². The SMILES string of the molecule is O=C(NN1CCCC1)N(OCc1ccccc1)C1c2ccccc2Oc2ccccc21. The van der Waals surface area contributed by atoms with Crippen molar-refractivity contribution in [2.75, 3.05) is 13.1 Å². The molecule has 0 aliphatic carbocycles. The lowest BCUT2D eigenvalue weighted by Gasteiger charge is -2.36. The molecule has 0 unspecified atom stereocenters. The average molecular weight is 415 g/mol. The third kappa shape index (κ3) is 4.13. The zero-order valence-corrected chi connectivity index (χ0v) is 17.2. The number of benzene rings is 3. The standard InChI is InChI=1S/C25H25N3O3/c29-25(26-27-16-8-9-17-27)28(30-18-19-10-2-1-3-11-19)24-20-12-4-6-14-22(20)31-23-15-7-5-13-21(23)24/h1-7,10-15,24H,8-9,16-18H2,(H,26,29). The number of hydroxylamine groups is 2. The van der Waals surface area contributed by atoms with Crippen LogP contribution in [0.25, 0.3) is 0 Å². The van der Waals surface area contributed by atoms with E-state index in [1.807, 2.05) is 83.9 Å². The first kappa shape index (κ1) is 19.6. The highest BCUT2D eigenvalue weighted by atomic mass is 16.7. The highest BCUT2D eigenvalue weighted by Crippen LogP contribution is 2.45. The number of carbonyl (C=O) groups excluding carboxylic acids is 1. The third-order valence-electron chi connectivity index (χ3n) is 5.65. The lowest BCUT2D eigenvalue weighted by molar-refractivity contribution is -0.152. The van der Waals surface area contributed by atoms with Crippen LogP contribution in [0.4, 0.5) is 4.79 Å². The van der Waals surface area contributed by atoms with E-state index in [1.165, 1.54) is 5.06 Å². The number of hydrogen-bond donors (Lipinski definition) is 1. The first-order chi connectivity index (χ1) is 15.3. The van der Waals surface area contributed by atoms with Gasteiger partial charge in [0.2, 0.25) is 0 Å². The molecule has 31 heavy (non-hydrogen) atoms. The minimum atomic E-state index is -0.424. The van der Waals surface area contributed by atoms with Crippen molar-refractivity contribution in [3.63, 3.8) is 0 Å². The fourth-order valence-electron chi connectivity index (χ4n) is 4.12. The molecule has 2 amide bonds. The second-order valence-electron chi connectivity index (χ2n) is 7.78. The van der Waals surface area contributed by atoms with Gasteiger partial charge in [-0.2, -0.15) is 5.06 Å². The van der Waals surface area contributed by atoms with Crippen LogP contribution in [0.3, 0.4) is 0 Å². The molecule has 2 aliphatic heterocycles. The van der Waals surface area contributed by atoms with Crippen molar-refractivity contribution in [2.24, 2.45) is 0 Å². The van der Waals surface area contributed by atoms with Crippen LogP contribution in [0, 0.1) is 0 Å². The summed E-state index contributed by atoms with van der Waals surface area (Å²) in [5.74, 6) is 1.46. The molecule has 0 radical (unpaired) electrons. The highest BCUT2D eigenvalue weighted by Gasteiger charge is 2.36. The summed E-state index contributed by atoms with van der Waals surface area (Å²) in [6.45, 7) is 1.98. The van der Waals surface area contributed by atoms with Gasteiger partial charge in [0.05, 0.1) is 0 Å². The summed E-state index contributed by atoms with van der Waals surface area (Å²) in [5.41, 5.74) is 5.81. The van der Waals surface area contributed by atoms with Crippen LogP contribution in [-0.4, -0.2) is 29.2 Å². The number of urea groups is 1. The van der Waals surface area contributed by atoms with E-state index in [0.717, 1.165) is 54.1 Å². The highest BCUT2D eigenvalue weighted by molar-refractivity contribution is 5.74. The molecule has 2 aliphatic rings. The molecule has 5 rings (SSSR count). The number of hydrazine groups is 1. The molecule has 0 spiro atoms. The topological polar surface area (TPSA) is 54.0 Å². The van der Waals surface area contributed by atoms with E-state index in [2.05, 4.69) is 5.43 Å². The zero-order valence-electron chi connectivity index (χ0n) is 17.2. The van der Waals surface area contributed by atoms with Crippen LogP contribution >= 0.6 is 0 Å². The maximum Gasteiger partial charge on any atom is 0.356 e. The van der Waals surface area contributed by atoms with E-state index in [-0.39, 0.29) is 12.6 Å². The number of carbonyl (C=O) groups is 1. The summed E-state index contributed by atoms with van der Waals surface area (Å²) >= 11 is 0. The Kier molecular flexibility index (Phi) is 5.56. The van der Waals surface area contributed by atoms with Gasteiger partial charge in [-0.1, -0.05) is 66.7 Å². The maximum atomic E-state index is 13.4. The van der Waals surface area contributed by atoms with Gasteiger partial charge in [-0.3, -0.25) is 10.3 Å². The molecule has 6 nitrogen and oxygen atoms in total. The van der Waals surface area contributed by atoms with E-state index < -0.39 is 6.04 Å². The number of fused-ring (bicyclic) bond motifs is 2. The molecule has 6 heteroatoms. The van der Waals surface area contributed by atoms with Crippen LogP contribution in [-0.2, 0) is 11.4 Å². The van der Waals surface area contributed by atoms with E-state index >= 15 is 0 Å². The minimum Gasteiger partial charge on any atom is -0.457 e. The average Bonchev–Trinajstić information content (AvgIpc) is 3.32. The Balaban J connectivity index is 1.51. The number of amides is 2. The van der Waals surface area contributed by atoms with Crippen molar-refractivity contribution in [1.29, 1.82) is 0 Å². The van der Waals surface area contributed by atoms with E-state index in [1.54, 1.807) is 0 Å². The molecule has 3 aromatic rings. The summed E-state index contributed by atoms with van der Waals surface area (Å²) < 4.78 is 6.11. The van der Waals surface area contributed by atoms with E-state index in [4.69, 9.17) is 9.57 Å². The summed E-state index contributed by atoms with van der Waals surface area (Å²) in [4.78, 5) is 19.6. The first-order valence-electron chi connectivity index (χ1n) is 10.7. The molecule has 1 saturated heterocycles. The minimum absolute atomic E-state index is 0.283. The number of para-hydroxylation sites is 2. The Morgan fingerprint density at radius 1 is 0.903 bits per heavy atom. The smallest absolute Gasteiger partial charge is 0.356 e. The second-order valence-corrected chi connectivity index (χ2v) is 7.78. The van der Waals surface area contributed by atoms with Gasteiger partial charge in [-0.15, -0.1) is 0 Å². The predicted molar refractivity (Wildman–Crippen MR) is 117 cm³/mol. The predicted octanol–water partition coefficient (Wildman–Crippen LogP) is 5.04. The normalized spacial score (nSPS) is 15.6. The van der Waals surface area contributed by atoms with Crippen molar-refractivity contribution >= 4 is 6.03 Å². The molecule has 3 aromatic carbocycles. The van der Waals surface area contributed by atoms with Crippen LogP contribution < -0.4 is 10.2 Å². The van der Waals surface area contributed by atoms with Gasteiger partial charge in [0.25, 0.3) is 0 Å². The summed E-state index contributed by atoms with van der Waals surface area (Å²) in [6, 6.07) is 24.8. The molecule has 158 valence electrons. The van der Waals surface area contributed by atoms with Crippen LogP contribution in [0.5, 0.6) is 11.5 Å². The fourth-order valence-corrected chi connectivity index (χ4v) is 4.12. The van der Waals surface area contributed by atoms with Crippen molar-refractivity contribution in [2.45, 2.75) is 25.5 Å². The molecular weight excluding hydrogens is 390 g/mol. The molecule has 1 N–H and O–H groups in total. The number of rotatable bonds is 5. The van der Waals surface area contributed by atoms with E-state index in [0.29, 0.717) is 0 Å². The molecular formula is C25H25N3O3. The molecule has 2 heterocycles. The Morgan fingerprint density at radius 3 is 2.13 bits per heavy atom. The largest absolute Gasteiger partial charge is 0.457 e. The Labute approximate surface area is 181 Å². The Bertz CT molecular complexity index is 1010. The monoisotopic (exact) mass is 415 g/mol. The number of nitrogens with zero attached hydrogens (tertiary/aromatic N) is 2. The van der Waals surface area contributed by atoms with E-state index in [9.17, 15) is 4.79 Å². The van der Waals surface area contributed by atoms with Crippen molar-refractivity contribution < 1.29 is 14.4 Å². The molecule has 0 bridgehead atoms. The van der Waals surface area contributed by atoms with Gasteiger partial charge in [-0.25, -0.2) is 9.80 Å². The first-order valence-corrected chi connectivity index (χ1v) is 10.7. The van der Waals surface area contributed by atoms with Gasteiger partial charge in [-0.05, 0) is 30.5 Å². The second kappa shape index (κ2) is 8.79. The Hall–Kier alpha value is -3.35. The quantitative estimate of drug-likeness (QED) is 0.594. The Morgan fingerprint density at radius 2 is 1.48 bits per heavy atom. The lowest BCUT2D eigenvalue weighted by atomic mass is 9.94. The van der Waals surface area contributed by atoms with Crippen LogP contribution in [0.1, 0.15) is 35.6 Å². The summed E-state index contributed by atoms with van der Waals surface area (Å²) in [5, 5.41) is 3.42. The lowest BCUT2D eigenvalue weighted by Crippen LogP contribution is -2.49. The van der Waals surface area contributed by atoms with Gasteiger partial charge < -0.3 is 4.74 Å². The van der Waals surface area contributed by atoms with Gasteiger partial charge in [0.1, 0.15) is 24.1 Å². The van der Waals surface area contributed by atoms with Crippen molar-refractivity contribution in [3.05, 3.63) is 95.6 Å². The van der Waals surface area contributed by atoms with Crippen molar-refractivity contribution in [1.82, 2.24) is 15.5 Å². The maximum absolute atomic E-state index is 13.4. The third-order valence-corrected chi connectivity index (χ3v) is 5.65. The van der Waals surface area contributed by atoms with Crippen LogP contribution in [0.2, 0.25) is 0 Å². The fraction of sp³-hybridized carbons (Fsp3) is 0.240. The molecule has 0 aromatic heterocycles. The zero-order chi connectivity index (χ0) is 21.0. The summed E-state index contributed by atoms with van der Waals surface area (Å²) in [7, 11) is 0. The summed E-state index contributed by atoms with van der Waals surface area (Å²) in [6.07, 6.45) is 2.15. The molecule has 0 saturated carbocycles. The molecule has 1 fully saturated rings. The van der Waals surface area contributed by atoms with Gasteiger partial charge in [0.15, 0.2) is 0 Å². The number of hydrogen-bond acceptors (Lipinski definition) is 4. The number of nitrogens with one attached hydrogen (secondary N) is 1. The number of ether oxygens (including phenoxy) is 1. The molecule has 0 atom stereocenters.